The van der Waals surface area contributed by atoms with E-state index in [0.29, 0.717) is 5.92 Å². The monoisotopic (exact) mass is 182 g/mol. The third kappa shape index (κ3) is 3.19. The Morgan fingerprint density at radius 2 is 2.38 bits per heavy atom. The summed E-state index contributed by atoms with van der Waals surface area (Å²) in [4.78, 5) is 0. The Hall–Kier alpha value is -0.830. The molecule has 3 nitrogen and oxygen atoms in total. The Kier molecular flexibility index (Phi) is 3.96. The Morgan fingerprint density at radius 1 is 1.62 bits per heavy atom. The Bertz CT molecular complexity index is 245. The minimum Gasteiger partial charge on any atom is -0.396 e. The van der Waals surface area contributed by atoms with Crippen LogP contribution in [0.2, 0.25) is 0 Å². The SMILES string of the molecule is CCn1cc(CCC(C)CO)cn1. The summed E-state index contributed by atoms with van der Waals surface area (Å²) in [7, 11) is 0. The van der Waals surface area contributed by atoms with Crippen LogP contribution in [-0.4, -0.2) is 21.5 Å². The summed E-state index contributed by atoms with van der Waals surface area (Å²) in [6.07, 6.45) is 6.03. The van der Waals surface area contributed by atoms with Gasteiger partial charge < -0.3 is 5.11 Å². The minimum atomic E-state index is 0.280. The van der Waals surface area contributed by atoms with Crippen LogP contribution in [0.1, 0.15) is 25.8 Å². The topological polar surface area (TPSA) is 38.0 Å². The molecule has 0 fully saturated rings. The van der Waals surface area contributed by atoms with Gasteiger partial charge in [0.25, 0.3) is 0 Å². The molecule has 0 radical (unpaired) electrons. The second kappa shape index (κ2) is 5.02. The molecule has 0 spiro atoms. The quantitative estimate of drug-likeness (QED) is 0.748. The Balaban J connectivity index is 2.36. The second-order valence-corrected chi connectivity index (χ2v) is 3.53. The lowest BCUT2D eigenvalue weighted by Gasteiger charge is -2.04. The highest BCUT2D eigenvalue weighted by Crippen LogP contribution is 2.08. The molecule has 74 valence electrons. The van der Waals surface area contributed by atoms with Crippen LogP contribution in [0.4, 0.5) is 0 Å². The van der Waals surface area contributed by atoms with E-state index in [1.807, 2.05) is 10.9 Å². The van der Waals surface area contributed by atoms with E-state index in [-0.39, 0.29) is 6.61 Å². The minimum absolute atomic E-state index is 0.280. The van der Waals surface area contributed by atoms with Crippen LogP contribution in [0, 0.1) is 5.92 Å². The lowest BCUT2D eigenvalue weighted by Crippen LogP contribution is -2.01. The average Bonchev–Trinajstić information content (AvgIpc) is 2.61. The van der Waals surface area contributed by atoms with Crippen LogP contribution in [0.3, 0.4) is 0 Å². The average molecular weight is 182 g/mol. The molecule has 0 saturated heterocycles. The predicted octanol–water partition coefficient (Wildman–Crippen LogP) is 1.46. The van der Waals surface area contributed by atoms with Crippen molar-refractivity contribution in [3.63, 3.8) is 0 Å². The van der Waals surface area contributed by atoms with Gasteiger partial charge in [0.1, 0.15) is 0 Å². The van der Waals surface area contributed by atoms with Crippen molar-refractivity contribution in [1.29, 1.82) is 0 Å². The van der Waals surface area contributed by atoms with Crippen LogP contribution in [-0.2, 0) is 13.0 Å². The van der Waals surface area contributed by atoms with Gasteiger partial charge in [0.2, 0.25) is 0 Å². The maximum absolute atomic E-state index is 8.84. The van der Waals surface area contributed by atoms with Gasteiger partial charge >= 0.3 is 0 Å². The van der Waals surface area contributed by atoms with Gasteiger partial charge in [-0.3, -0.25) is 4.68 Å². The Labute approximate surface area is 79.4 Å². The summed E-state index contributed by atoms with van der Waals surface area (Å²) in [5.41, 5.74) is 1.27. The first-order chi connectivity index (χ1) is 6.26. The fraction of sp³-hybridized carbons (Fsp3) is 0.700. The zero-order chi connectivity index (χ0) is 9.68. The highest BCUT2D eigenvalue weighted by molar-refractivity contribution is 5.03. The van der Waals surface area contributed by atoms with E-state index in [4.69, 9.17) is 5.11 Å². The zero-order valence-corrected chi connectivity index (χ0v) is 8.40. The van der Waals surface area contributed by atoms with Crippen molar-refractivity contribution in [2.24, 2.45) is 5.92 Å². The number of hydrogen-bond acceptors (Lipinski definition) is 2. The van der Waals surface area contributed by atoms with E-state index >= 15 is 0 Å². The smallest absolute Gasteiger partial charge is 0.0521 e. The molecule has 0 saturated carbocycles. The van der Waals surface area contributed by atoms with Gasteiger partial charge in [0.15, 0.2) is 0 Å². The number of aliphatic hydroxyl groups is 1. The van der Waals surface area contributed by atoms with Crippen LogP contribution in [0.5, 0.6) is 0 Å². The van der Waals surface area contributed by atoms with Crippen molar-refractivity contribution in [1.82, 2.24) is 9.78 Å². The molecule has 1 unspecified atom stereocenters. The predicted molar refractivity (Wildman–Crippen MR) is 52.5 cm³/mol. The summed E-state index contributed by atoms with van der Waals surface area (Å²) in [5, 5.41) is 13.0. The summed E-state index contributed by atoms with van der Waals surface area (Å²) in [5.74, 6) is 0.393. The van der Waals surface area contributed by atoms with Gasteiger partial charge in [-0.05, 0) is 31.2 Å². The van der Waals surface area contributed by atoms with Crippen molar-refractivity contribution < 1.29 is 5.11 Å². The highest BCUT2D eigenvalue weighted by Gasteiger charge is 2.02. The molecule has 1 aromatic heterocycles. The fourth-order valence-electron chi connectivity index (χ4n) is 1.21. The van der Waals surface area contributed by atoms with Gasteiger partial charge in [-0.25, -0.2) is 0 Å². The molecule has 0 aromatic carbocycles. The van der Waals surface area contributed by atoms with Gasteiger partial charge in [-0.2, -0.15) is 5.10 Å². The molecule has 0 aliphatic carbocycles. The number of aliphatic hydroxyl groups excluding tert-OH is 1. The third-order valence-electron chi connectivity index (χ3n) is 2.25. The van der Waals surface area contributed by atoms with Crippen molar-refractivity contribution in [2.75, 3.05) is 6.61 Å². The number of hydrogen-bond donors (Lipinski definition) is 1. The van der Waals surface area contributed by atoms with Crippen molar-refractivity contribution in [3.05, 3.63) is 18.0 Å². The molecule has 0 bridgehead atoms. The lowest BCUT2D eigenvalue weighted by molar-refractivity contribution is 0.230. The number of aryl methyl sites for hydroxylation is 2. The van der Waals surface area contributed by atoms with Gasteiger partial charge in [-0.15, -0.1) is 0 Å². The van der Waals surface area contributed by atoms with Gasteiger partial charge in [0, 0.05) is 19.3 Å². The van der Waals surface area contributed by atoms with Crippen molar-refractivity contribution in [2.45, 2.75) is 33.2 Å². The maximum Gasteiger partial charge on any atom is 0.0521 e. The van der Waals surface area contributed by atoms with Crippen LogP contribution >= 0.6 is 0 Å². The molecule has 1 rings (SSSR count). The molecule has 0 amide bonds. The molecule has 3 heteroatoms. The third-order valence-corrected chi connectivity index (χ3v) is 2.25. The largest absolute Gasteiger partial charge is 0.396 e. The molecule has 1 aromatic rings. The van der Waals surface area contributed by atoms with Crippen molar-refractivity contribution in [3.8, 4) is 0 Å². The van der Waals surface area contributed by atoms with Crippen molar-refractivity contribution >= 4 is 0 Å². The summed E-state index contributed by atoms with van der Waals surface area (Å²) in [6, 6.07) is 0. The first-order valence-electron chi connectivity index (χ1n) is 4.88. The molecule has 1 N–H and O–H groups in total. The molecular formula is C10H18N2O. The fourth-order valence-corrected chi connectivity index (χ4v) is 1.21. The van der Waals surface area contributed by atoms with Gasteiger partial charge in [0.05, 0.1) is 6.20 Å². The summed E-state index contributed by atoms with van der Waals surface area (Å²) >= 11 is 0. The maximum atomic E-state index is 8.84. The van der Waals surface area contributed by atoms with E-state index in [1.165, 1.54) is 5.56 Å². The highest BCUT2D eigenvalue weighted by atomic mass is 16.3. The summed E-state index contributed by atoms with van der Waals surface area (Å²) < 4.78 is 1.93. The number of aromatic nitrogens is 2. The normalized spacial score (nSPS) is 13.2. The van der Waals surface area contributed by atoms with E-state index in [0.717, 1.165) is 19.4 Å². The van der Waals surface area contributed by atoms with E-state index in [9.17, 15) is 0 Å². The standard InChI is InChI=1S/C10H18N2O/c1-3-12-7-10(6-11-12)5-4-9(2)8-13/h6-7,9,13H,3-5,8H2,1-2H3. The summed E-state index contributed by atoms with van der Waals surface area (Å²) in [6.45, 7) is 5.34. The van der Waals surface area contributed by atoms with Crippen LogP contribution < -0.4 is 0 Å². The first-order valence-corrected chi connectivity index (χ1v) is 4.88. The number of nitrogens with zero attached hydrogens (tertiary/aromatic N) is 2. The lowest BCUT2D eigenvalue weighted by atomic mass is 10.0. The molecule has 0 aliphatic rings. The van der Waals surface area contributed by atoms with Crippen LogP contribution in [0.15, 0.2) is 12.4 Å². The molecule has 13 heavy (non-hydrogen) atoms. The van der Waals surface area contributed by atoms with Gasteiger partial charge in [-0.1, -0.05) is 6.92 Å². The molecule has 0 aliphatic heterocycles. The Morgan fingerprint density at radius 3 is 2.92 bits per heavy atom. The molecule has 1 heterocycles. The van der Waals surface area contributed by atoms with Crippen LogP contribution in [0.25, 0.3) is 0 Å². The van der Waals surface area contributed by atoms with E-state index < -0.39 is 0 Å². The zero-order valence-electron chi connectivity index (χ0n) is 8.40. The van der Waals surface area contributed by atoms with E-state index in [2.05, 4.69) is 25.1 Å². The molecule has 1 atom stereocenters. The van der Waals surface area contributed by atoms with E-state index in [1.54, 1.807) is 0 Å². The first kappa shape index (κ1) is 10.3. The number of rotatable bonds is 5. The molecular weight excluding hydrogens is 164 g/mol. The second-order valence-electron chi connectivity index (χ2n) is 3.53.